The van der Waals surface area contributed by atoms with Gasteiger partial charge in [0.05, 0.1) is 0 Å². The molecule has 0 spiro atoms. The lowest BCUT2D eigenvalue weighted by Crippen LogP contribution is -2.18. The van der Waals surface area contributed by atoms with Crippen molar-refractivity contribution in [2.45, 2.75) is 26.2 Å². The molecular weight excluding hydrogens is 164 g/mol. The predicted molar refractivity (Wildman–Crippen MR) is 52.3 cm³/mol. The van der Waals surface area contributed by atoms with Gasteiger partial charge in [-0.15, -0.1) is 0 Å². The molecule has 4 nitrogen and oxygen atoms in total. The molecule has 0 radical (unpaired) electrons. The topological polar surface area (TPSA) is 56.7 Å². The fourth-order valence-corrected chi connectivity index (χ4v) is 1.55. The van der Waals surface area contributed by atoms with E-state index in [0.717, 1.165) is 12.2 Å². The summed E-state index contributed by atoms with van der Waals surface area (Å²) in [7, 11) is 1.91. The maximum atomic E-state index is 5.70. The zero-order valence-corrected chi connectivity index (χ0v) is 8.57. The van der Waals surface area contributed by atoms with Gasteiger partial charge in [0, 0.05) is 19.5 Å². The Bertz CT molecular complexity index is 254. The van der Waals surface area contributed by atoms with Gasteiger partial charge in [0.15, 0.2) is 0 Å². The number of hydrogen-bond acceptors (Lipinski definition) is 3. The van der Waals surface area contributed by atoms with Crippen molar-refractivity contribution in [1.82, 2.24) is 14.8 Å². The second-order valence-corrected chi connectivity index (χ2v) is 3.80. The second kappa shape index (κ2) is 4.37. The van der Waals surface area contributed by atoms with Crippen molar-refractivity contribution in [2.75, 3.05) is 6.54 Å². The molecule has 1 aromatic rings. The lowest BCUT2D eigenvalue weighted by Gasteiger charge is -2.15. The van der Waals surface area contributed by atoms with Gasteiger partial charge in [-0.2, -0.15) is 5.10 Å². The van der Waals surface area contributed by atoms with Crippen molar-refractivity contribution in [2.24, 2.45) is 18.7 Å². The number of rotatable bonds is 4. The normalized spacial score (nSPS) is 13.6. The first-order valence-corrected chi connectivity index (χ1v) is 4.69. The standard InChI is InChI=1S/C9H18N4/c1-7(2)4-8(5-10)9-11-6-12-13(9)3/h6-8H,4-5,10H2,1-3H3. The maximum Gasteiger partial charge on any atom is 0.138 e. The number of aromatic nitrogens is 3. The highest BCUT2D eigenvalue weighted by atomic mass is 15.3. The molecule has 1 atom stereocenters. The summed E-state index contributed by atoms with van der Waals surface area (Å²) in [6, 6.07) is 0. The van der Waals surface area contributed by atoms with Crippen molar-refractivity contribution < 1.29 is 0 Å². The molecule has 1 aromatic heterocycles. The monoisotopic (exact) mass is 182 g/mol. The molecule has 1 rings (SSSR count). The van der Waals surface area contributed by atoms with Crippen LogP contribution in [0.1, 0.15) is 32.0 Å². The van der Waals surface area contributed by atoms with E-state index in [4.69, 9.17) is 5.73 Å². The summed E-state index contributed by atoms with van der Waals surface area (Å²) < 4.78 is 1.81. The van der Waals surface area contributed by atoms with E-state index in [9.17, 15) is 0 Å². The summed E-state index contributed by atoms with van der Waals surface area (Å²) in [5.41, 5.74) is 5.70. The molecule has 13 heavy (non-hydrogen) atoms. The van der Waals surface area contributed by atoms with Gasteiger partial charge in [0.2, 0.25) is 0 Å². The molecule has 0 aliphatic rings. The van der Waals surface area contributed by atoms with E-state index in [0.29, 0.717) is 18.4 Å². The van der Waals surface area contributed by atoms with Crippen LogP contribution in [-0.4, -0.2) is 21.3 Å². The van der Waals surface area contributed by atoms with Crippen LogP contribution in [0.5, 0.6) is 0 Å². The highest BCUT2D eigenvalue weighted by Gasteiger charge is 2.15. The van der Waals surface area contributed by atoms with Crippen molar-refractivity contribution in [3.63, 3.8) is 0 Å². The smallest absolute Gasteiger partial charge is 0.138 e. The molecule has 1 heterocycles. The molecule has 0 saturated carbocycles. The van der Waals surface area contributed by atoms with Crippen LogP contribution in [0.25, 0.3) is 0 Å². The first-order chi connectivity index (χ1) is 6.15. The minimum absolute atomic E-state index is 0.340. The lowest BCUT2D eigenvalue weighted by molar-refractivity contribution is 0.472. The van der Waals surface area contributed by atoms with Crippen molar-refractivity contribution in [3.8, 4) is 0 Å². The van der Waals surface area contributed by atoms with Gasteiger partial charge >= 0.3 is 0 Å². The average Bonchev–Trinajstić information content (AvgIpc) is 2.47. The van der Waals surface area contributed by atoms with Crippen molar-refractivity contribution in [3.05, 3.63) is 12.2 Å². The molecule has 0 aliphatic carbocycles. The molecule has 74 valence electrons. The summed E-state index contributed by atoms with van der Waals surface area (Å²) in [4.78, 5) is 4.21. The molecule has 0 amide bonds. The Balaban J connectivity index is 2.72. The Hall–Kier alpha value is -0.900. The van der Waals surface area contributed by atoms with E-state index in [1.54, 1.807) is 11.0 Å². The average molecular weight is 182 g/mol. The minimum Gasteiger partial charge on any atom is -0.330 e. The van der Waals surface area contributed by atoms with Gasteiger partial charge < -0.3 is 5.73 Å². The van der Waals surface area contributed by atoms with Crippen LogP contribution in [-0.2, 0) is 7.05 Å². The fourth-order valence-electron chi connectivity index (χ4n) is 1.55. The summed E-state index contributed by atoms with van der Waals surface area (Å²) in [6.07, 6.45) is 2.65. The fraction of sp³-hybridized carbons (Fsp3) is 0.778. The summed E-state index contributed by atoms with van der Waals surface area (Å²) in [5.74, 6) is 1.98. The van der Waals surface area contributed by atoms with E-state index >= 15 is 0 Å². The van der Waals surface area contributed by atoms with E-state index < -0.39 is 0 Å². The third kappa shape index (κ3) is 2.52. The maximum absolute atomic E-state index is 5.70. The van der Waals surface area contributed by atoms with Crippen LogP contribution in [0.15, 0.2) is 6.33 Å². The largest absolute Gasteiger partial charge is 0.330 e. The molecule has 0 bridgehead atoms. The van der Waals surface area contributed by atoms with Gasteiger partial charge in [-0.3, -0.25) is 4.68 Å². The highest BCUT2D eigenvalue weighted by Crippen LogP contribution is 2.19. The molecule has 0 saturated heterocycles. The van der Waals surface area contributed by atoms with Crippen LogP contribution < -0.4 is 5.73 Å². The Labute approximate surface area is 79.2 Å². The second-order valence-electron chi connectivity index (χ2n) is 3.80. The Morgan fingerprint density at radius 3 is 2.62 bits per heavy atom. The Morgan fingerprint density at radius 1 is 1.54 bits per heavy atom. The first kappa shape index (κ1) is 10.2. The number of aryl methyl sites for hydroxylation is 1. The van der Waals surface area contributed by atoms with Gasteiger partial charge in [-0.05, 0) is 12.3 Å². The summed E-state index contributed by atoms with van der Waals surface area (Å²) in [6.45, 7) is 5.03. The number of nitrogens with zero attached hydrogens (tertiary/aromatic N) is 3. The number of hydrogen-bond donors (Lipinski definition) is 1. The number of nitrogens with two attached hydrogens (primary N) is 1. The zero-order chi connectivity index (χ0) is 9.84. The molecule has 0 aliphatic heterocycles. The predicted octanol–water partition coefficient (Wildman–Crippen LogP) is 0.903. The Kier molecular flexibility index (Phi) is 3.42. The van der Waals surface area contributed by atoms with Gasteiger partial charge in [0.25, 0.3) is 0 Å². The van der Waals surface area contributed by atoms with Gasteiger partial charge in [0.1, 0.15) is 12.2 Å². The highest BCUT2D eigenvalue weighted by molar-refractivity contribution is 4.96. The van der Waals surface area contributed by atoms with E-state index in [-0.39, 0.29) is 0 Å². The molecule has 0 aromatic carbocycles. The van der Waals surface area contributed by atoms with E-state index in [1.165, 1.54) is 0 Å². The Morgan fingerprint density at radius 2 is 2.23 bits per heavy atom. The van der Waals surface area contributed by atoms with Crippen molar-refractivity contribution in [1.29, 1.82) is 0 Å². The summed E-state index contributed by atoms with van der Waals surface area (Å²) >= 11 is 0. The van der Waals surface area contributed by atoms with E-state index in [1.807, 2.05) is 7.05 Å². The third-order valence-electron chi connectivity index (χ3n) is 2.15. The molecule has 1 unspecified atom stereocenters. The molecule has 2 N–H and O–H groups in total. The SMILES string of the molecule is CC(C)CC(CN)c1ncnn1C. The summed E-state index contributed by atoms with van der Waals surface area (Å²) in [5, 5.41) is 4.04. The third-order valence-corrected chi connectivity index (χ3v) is 2.15. The van der Waals surface area contributed by atoms with E-state index in [2.05, 4.69) is 23.9 Å². The lowest BCUT2D eigenvalue weighted by atomic mass is 9.96. The van der Waals surface area contributed by atoms with Crippen LogP contribution >= 0.6 is 0 Å². The first-order valence-electron chi connectivity index (χ1n) is 4.69. The minimum atomic E-state index is 0.340. The molecule has 4 heteroatoms. The zero-order valence-electron chi connectivity index (χ0n) is 8.57. The van der Waals surface area contributed by atoms with Crippen LogP contribution in [0.3, 0.4) is 0 Å². The molecular formula is C9H18N4. The van der Waals surface area contributed by atoms with Gasteiger partial charge in [-0.25, -0.2) is 4.98 Å². The van der Waals surface area contributed by atoms with Crippen molar-refractivity contribution >= 4 is 0 Å². The quantitative estimate of drug-likeness (QED) is 0.752. The van der Waals surface area contributed by atoms with Crippen LogP contribution in [0.4, 0.5) is 0 Å². The van der Waals surface area contributed by atoms with Crippen LogP contribution in [0, 0.1) is 5.92 Å². The van der Waals surface area contributed by atoms with Crippen LogP contribution in [0.2, 0.25) is 0 Å². The van der Waals surface area contributed by atoms with Gasteiger partial charge in [-0.1, -0.05) is 13.8 Å². The molecule has 0 fully saturated rings.